The van der Waals surface area contributed by atoms with Crippen LogP contribution in [0.4, 0.5) is 0 Å². The maximum absolute atomic E-state index is 12.7. The molecule has 3 aromatic rings. The Morgan fingerprint density at radius 3 is 2.61 bits per heavy atom. The van der Waals surface area contributed by atoms with Gasteiger partial charge in [-0.2, -0.15) is 0 Å². The highest BCUT2D eigenvalue weighted by Crippen LogP contribution is 2.12. The van der Waals surface area contributed by atoms with Crippen LogP contribution in [0.25, 0.3) is 16.7 Å². The van der Waals surface area contributed by atoms with Crippen molar-refractivity contribution in [3.63, 3.8) is 0 Å². The van der Waals surface area contributed by atoms with Crippen molar-refractivity contribution >= 4 is 16.7 Å². The van der Waals surface area contributed by atoms with Crippen LogP contribution in [0.2, 0.25) is 0 Å². The van der Waals surface area contributed by atoms with Crippen LogP contribution in [0.15, 0.2) is 41.5 Å². The zero-order chi connectivity index (χ0) is 15.5. The van der Waals surface area contributed by atoms with E-state index in [2.05, 4.69) is 18.8 Å². The second-order valence-electron chi connectivity index (χ2n) is 5.63. The monoisotopic (exact) mass is 334 g/mol. The zero-order valence-corrected chi connectivity index (χ0v) is 14.4. The van der Waals surface area contributed by atoms with Gasteiger partial charge in [-0.25, -0.2) is 4.98 Å². The molecule has 3 rings (SSSR count). The average Bonchev–Trinajstić information content (AvgIpc) is 3.04. The van der Waals surface area contributed by atoms with Crippen LogP contribution < -0.4 is 22.9 Å². The van der Waals surface area contributed by atoms with Crippen LogP contribution in [0, 0.1) is 0 Å². The molecule has 0 unspecified atom stereocenters. The molecular formula is C17H23ClN4O. The highest BCUT2D eigenvalue weighted by atomic mass is 35.5. The Kier molecular flexibility index (Phi) is 5.80. The van der Waals surface area contributed by atoms with Crippen molar-refractivity contribution < 1.29 is 17.3 Å². The lowest BCUT2D eigenvalue weighted by atomic mass is 10.3. The normalized spacial score (nSPS) is 11.3. The van der Waals surface area contributed by atoms with Crippen LogP contribution >= 0.6 is 0 Å². The van der Waals surface area contributed by atoms with Gasteiger partial charge in [0, 0.05) is 25.4 Å². The minimum atomic E-state index is 0. The predicted molar refractivity (Wildman–Crippen MR) is 88.5 cm³/mol. The summed E-state index contributed by atoms with van der Waals surface area (Å²) in [7, 11) is 0. The Hall–Kier alpha value is -1.85. The van der Waals surface area contributed by atoms with E-state index in [1.165, 1.54) is 0 Å². The van der Waals surface area contributed by atoms with Gasteiger partial charge in [0.15, 0.2) is 5.65 Å². The maximum Gasteiger partial charge on any atom is 0.275 e. The van der Waals surface area contributed by atoms with Crippen molar-refractivity contribution in [2.24, 2.45) is 0 Å². The first-order chi connectivity index (χ1) is 10.8. The molecule has 124 valence electrons. The van der Waals surface area contributed by atoms with Crippen molar-refractivity contribution in [1.29, 1.82) is 0 Å². The van der Waals surface area contributed by atoms with Gasteiger partial charge in [-0.3, -0.25) is 9.20 Å². The van der Waals surface area contributed by atoms with Gasteiger partial charge in [0.2, 0.25) is 0 Å². The van der Waals surface area contributed by atoms with E-state index in [0.717, 1.165) is 43.8 Å². The van der Waals surface area contributed by atoms with Crippen molar-refractivity contribution in [2.75, 3.05) is 19.6 Å². The molecule has 5 nitrogen and oxygen atoms in total. The standard InChI is InChI=1S/C17H22N4O.ClH/c1-3-19(4-2)11-7-13-21-14-8-5-10-18-16(14)20-12-6-9-15(20)17(21)22;/h5-6,8-10,12H,3-4,7,11,13H2,1-2H3;1H. The molecule has 0 aliphatic rings. The molecule has 0 aliphatic heterocycles. The fraction of sp³-hybridized carbons (Fsp3) is 0.412. The van der Waals surface area contributed by atoms with Gasteiger partial charge in [-0.1, -0.05) is 0 Å². The Balaban J connectivity index is 0.00000192. The number of halogens is 1. The van der Waals surface area contributed by atoms with Crippen molar-refractivity contribution in [1.82, 2.24) is 14.0 Å². The van der Waals surface area contributed by atoms with Crippen molar-refractivity contribution in [2.45, 2.75) is 26.8 Å². The second kappa shape index (κ2) is 7.62. The lowest BCUT2D eigenvalue weighted by molar-refractivity contribution is -0.896. The van der Waals surface area contributed by atoms with E-state index in [0.29, 0.717) is 5.52 Å². The molecule has 0 aliphatic carbocycles. The van der Waals surface area contributed by atoms with Crippen LogP contribution in [0.5, 0.6) is 0 Å². The molecular weight excluding hydrogens is 312 g/mol. The molecule has 0 radical (unpaired) electrons. The lowest BCUT2D eigenvalue weighted by Crippen LogP contribution is -3.11. The van der Waals surface area contributed by atoms with Crippen LogP contribution in [-0.4, -0.2) is 33.6 Å². The number of nitrogens with zero attached hydrogens (tertiary/aromatic N) is 3. The zero-order valence-electron chi connectivity index (χ0n) is 13.6. The summed E-state index contributed by atoms with van der Waals surface area (Å²) >= 11 is 0. The Morgan fingerprint density at radius 1 is 1.13 bits per heavy atom. The summed E-state index contributed by atoms with van der Waals surface area (Å²) in [6.07, 6.45) is 4.67. The molecule has 23 heavy (non-hydrogen) atoms. The topological polar surface area (TPSA) is 43.7 Å². The average molecular weight is 335 g/mol. The number of nitrogens with one attached hydrogen (secondary N) is 1. The Bertz CT molecular complexity index is 835. The SMILES string of the molecule is CC[NH+](CC)CCCn1c(=O)c2cccn2c2ncccc21.[Cl-]. The van der Waals surface area contributed by atoms with E-state index in [1.807, 2.05) is 39.4 Å². The fourth-order valence-electron chi connectivity index (χ4n) is 3.09. The van der Waals surface area contributed by atoms with Gasteiger partial charge in [0.25, 0.3) is 5.56 Å². The first-order valence-electron chi connectivity index (χ1n) is 8.04. The minimum Gasteiger partial charge on any atom is -1.00 e. The predicted octanol–water partition coefficient (Wildman–Crippen LogP) is -2.03. The maximum atomic E-state index is 12.7. The van der Waals surface area contributed by atoms with Gasteiger partial charge in [-0.05, 0) is 38.1 Å². The Labute approximate surface area is 142 Å². The molecule has 0 saturated heterocycles. The number of aryl methyl sites for hydroxylation is 1. The summed E-state index contributed by atoms with van der Waals surface area (Å²) in [6, 6.07) is 7.63. The summed E-state index contributed by atoms with van der Waals surface area (Å²) in [5, 5.41) is 0. The second-order valence-corrected chi connectivity index (χ2v) is 5.63. The largest absolute Gasteiger partial charge is 1.00 e. The van der Waals surface area contributed by atoms with Crippen LogP contribution in [0.1, 0.15) is 20.3 Å². The summed E-state index contributed by atoms with van der Waals surface area (Å²) in [6.45, 7) is 8.50. The van der Waals surface area contributed by atoms with Gasteiger partial charge >= 0.3 is 0 Å². The quantitative estimate of drug-likeness (QED) is 0.565. The van der Waals surface area contributed by atoms with Crippen molar-refractivity contribution in [3.05, 3.63) is 47.0 Å². The fourth-order valence-corrected chi connectivity index (χ4v) is 3.09. The van der Waals surface area contributed by atoms with Gasteiger partial charge in [0.1, 0.15) is 5.52 Å². The van der Waals surface area contributed by atoms with Gasteiger partial charge in [0.05, 0.1) is 25.2 Å². The summed E-state index contributed by atoms with van der Waals surface area (Å²) in [4.78, 5) is 18.8. The minimum absolute atomic E-state index is 0. The molecule has 0 aromatic carbocycles. The smallest absolute Gasteiger partial charge is 0.275 e. The number of aromatic nitrogens is 3. The highest BCUT2D eigenvalue weighted by molar-refractivity contribution is 5.74. The van der Waals surface area contributed by atoms with Crippen LogP contribution in [-0.2, 0) is 6.54 Å². The van der Waals surface area contributed by atoms with Crippen LogP contribution in [0.3, 0.4) is 0 Å². The molecule has 1 N–H and O–H groups in total. The number of quaternary nitrogens is 1. The summed E-state index contributed by atoms with van der Waals surface area (Å²) in [5.41, 5.74) is 2.52. The van der Waals surface area contributed by atoms with E-state index in [-0.39, 0.29) is 18.0 Å². The summed E-state index contributed by atoms with van der Waals surface area (Å²) < 4.78 is 3.75. The summed E-state index contributed by atoms with van der Waals surface area (Å²) in [5.74, 6) is 0. The molecule has 6 heteroatoms. The molecule has 0 atom stereocenters. The number of hydrogen-bond donors (Lipinski definition) is 1. The van der Waals surface area contributed by atoms with E-state index in [9.17, 15) is 4.79 Å². The van der Waals surface area contributed by atoms with E-state index in [4.69, 9.17) is 0 Å². The first kappa shape index (κ1) is 17.5. The molecule has 0 bridgehead atoms. The highest BCUT2D eigenvalue weighted by Gasteiger charge is 2.11. The number of fused-ring (bicyclic) bond motifs is 3. The number of pyridine rings is 1. The molecule has 3 heterocycles. The third-order valence-corrected chi connectivity index (χ3v) is 4.41. The third kappa shape index (κ3) is 3.26. The molecule has 0 fully saturated rings. The lowest BCUT2D eigenvalue weighted by Gasteiger charge is -2.16. The van der Waals surface area contributed by atoms with E-state index < -0.39 is 0 Å². The molecule has 3 aromatic heterocycles. The number of rotatable bonds is 6. The molecule has 0 spiro atoms. The van der Waals surface area contributed by atoms with Gasteiger partial charge in [-0.15, -0.1) is 0 Å². The number of hydrogen-bond acceptors (Lipinski definition) is 2. The third-order valence-electron chi connectivity index (χ3n) is 4.41. The molecule has 0 amide bonds. The Morgan fingerprint density at radius 2 is 1.87 bits per heavy atom. The van der Waals surface area contributed by atoms with Crippen molar-refractivity contribution in [3.8, 4) is 0 Å². The van der Waals surface area contributed by atoms with E-state index >= 15 is 0 Å². The molecule has 0 saturated carbocycles. The van der Waals surface area contributed by atoms with Gasteiger partial charge < -0.3 is 21.9 Å². The van der Waals surface area contributed by atoms with E-state index in [1.54, 1.807) is 11.1 Å². The first-order valence-corrected chi connectivity index (χ1v) is 8.04.